The van der Waals surface area contributed by atoms with E-state index in [1.165, 1.54) is 0 Å². The minimum Gasteiger partial charge on any atom is -0.447 e. The number of nitrogens with zero attached hydrogens (tertiary/aromatic N) is 2. The molecule has 0 aliphatic heterocycles. The second-order valence-corrected chi connectivity index (χ2v) is 3.28. The molecule has 1 aromatic rings. The fraction of sp³-hybridized carbons (Fsp3) is 0.200. The molecule has 90 valence electrons. The molecule has 0 atom stereocenters. The molecule has 0 bridgehead atoms. The fourth-order valence-corrected chi connectivity index (χ4v) is 1.14. The molecule has 0 fully saturated rings. The van der Waals surface area contributed by atoms with Gasteiger partial charge in [0.15, 0.2) is 0 Å². The Balaban J connectivity index is 2.53. The Kier molecular flexibility index (Phi) is 5.09. The second kappa shape index (κ2) is 6.59. The highest BCUT2D eigenvalue weighted by Gasteiger charge is 2.02. The van der Waals surface area contributed by atoms with Gasteiger partial charge in [-0.2, -0.15) is 0 Å². The predicted octanol–water partition coefficient (Wildman–Crippen LogP) is 3.48. The lowest BCUT2D eigenvalue weighted by atomic mass is 10.3. The number of rotatable bonds is 2. The summed E-state index contributed by atoms with van der Waals surface area (Å²) in [7, 11) is 0. The van der Waals surface area contributed by atoms with E-state index in [1.807, 2.05) is 0 Å². The lowest BCUT2D eigenvalue weighted by Crippen LogP contribution is -2.06. The summed E-state index contributed by atoms with van der Waals surface area (Å²) >= 11 is 5.72. The van der Waals surface area contributed by atoms with Crippen LogP contribution in [-0.2, 0) is 4.74 Å². The van der Waals surface area contributed by atoms with Gasteiger partial charge in [-0.15, -0.1) is 0 Å². The SMILES string of the molecule is CCOC(=O)N=NC(=O)Nc1cccc(Cl)c1. The Morgan fingerprint density at radius 2 is 2.18 bits per heavy atom. The summed E-state index contributed by atoms with van der Waals surface area (Å²) in [6.07, 6.45) is -0.909. The maximum atomic E-state index is 11.2. The van der Waals surface area contributed by atoms with Crippen molar-refractivity contribution >= 4 is 29.4 Å². The summed E-state index contributed by atoms with van der Waals surface area (Å²) < 4.78 is 4.46. The minimum atomic E-state index is -0.909. The van der Waals surface area contributed by atoms with E-state index in [2.05, 4.69) is 20.3 Å². The maximum absolute atomic E-state index is 11.2. The number of hydrogen-bond acceptors (Lipinski definition) is 3. The van der Waals surface area contributed by atoms with Crippen molar-refractivity contribution in [3.63, 3.8) is 0 Å². The highest BCUT2D eigenvalue weighted by Crippen LogP contribution is 2.14. The molecule has 7 heteroatoms. The van der Waals surface area contributed by atoms with Crippen LogP contribution in [0.5, 0.6) is 0 Å². The molecule has 1 rings (SSSR count). The van der Waals surface area contributed by atoms with Crippen LogP contribution in [0.4, 0.5) is 15.3 Å². The van der Waals surface area contributed by atoms with E-state index in [1.54, 1.807) is 31.2 Å². The number of amides is 3. The summed E-state index contributed by atoms with van der Waals surface area (Å²) in [5, 5.41) is 9.04. The second-order valence-electron chi connectivity index (χ2n) is 2.84. The largest absolute Gasteiger partial charge is 0.452 e. The molecule has 3 amide bonds. The van der Waals surface area contributed by atoms with E-state index in [4.69, 9.17) is 11.6 Å². The smallest absolute Gasteiger partial charge is 0.447 e. The summed E-state index contributed by atoms with van der Waals surface area (Å²) in [6, 6.07) is 5.72. The van der Waals surface area contributed by atoms with Gasteiger partial charge in [-0.1, -0.05) is 27.9 Å². The number of urea groups is 1. The number of anilines is 1. The van der Waals surface area contributed by atoms with E-state index in [9.17, 15) is 9.59 Å². The first kappa shape index (κ1) is 13.1. The van der Waals surface area contributed by atoms with Gasteiger partial charge in [0.1, 0.15) is 0 Å². The number of carbonyl (C=O) groups is 2. The van der Waals surface area contributed by atoms with Gasteiger partial charge in [0.2, 0.25) is 0 Å². The molecule has 0 unspecified atom stereocenters. The predicted molar refractivity (Wildman–Crippen MR) is 62.3 cm³/mol. The van der Waals surface area contributed by atoms with Crippen LogP contribution < -0.4 is 5.32 Å². The average molecular weight is 256 g/mol. The zero-order valence-electron chi connectivity index (χ0n) is 9.01. The Hall–Kier alpha value is -1.95. The molecular weight excluding hydrogens is 246 g/mol. The molecule has 6 nitrogen and oxygen atoms in total. The molecule has 0 saturated carbocycles. The lowest BCUT2D eigenvalue weighted by Gasteiger charge is -2.00. The Bertz CT molecular complexity index is 448. The first-order valence-corrected chi connectivity index (χ1v) is 5.14. The Morgan fingerprint density at radius 3 is 2.82 bits per heavy atom. The molecule has 0 aromatic heterocycles. The highest BCUT2D eigenvalue weighted by atomic mass is 35.5. The van der Waals surface area contributed by atoms with Gasteiger partial charge >= 0.3 is 12.1 Å². The van der Waals surface area contributed by atoms with Crippen molar-refractivity contribution in [3.05, 3.63) is 29.3 Å². The number of halogens is 1. The van der Waals surface area contributed by atoms with Gasteiger partial charge in [-0.25, -0.2) is 9.59 Å². The van der Waals surface area contributed by atoms with Gasteiger partial charge in [-0.05, 0) is 25.1 Å². The number of carbonyl (C=O) groups excluding carboxylic acids is 2. The summed E-state index contributed by atoms with van der Waals surface area (Å²) in [6.45, 7) is 1.80. The topological polar surface area (TPSA) is 80.1 Å². The molecule has 0 spiro atoms. The average Bonchev–Trinajstić information content (AvgIpc) is 2.27. The lowest BCUT2D eigenvalue weighted by molar-refractivity contribution is 0.161. The van der Waals surface area contributed by atoms with E-state index in [-0.39, 0.29) is 6.61 Å². The van der Waals surface area contributed by atoms with Crippen LogP contribution in [0.2, 0.25) is 5.02 Å². The zero-order chi connectivity index (χ0) is 12.7. The quantitative estimate of drug-likeness (QED) is 0.822. The van der Waals surface area contributed by atoms with Gasteiger partial charge in [0, 0.05) is 10.7 Å². The maximum Gasteiger partial charge on any atom is 0.452 e. The summed E-state index contributed by atoms with van der Waals surface area (Å²) in [5.74, 6) is 0. The third-order valence-corrected chi connectivity index (χ3v) is 1.80. The zero-order valence-corrected chi connectivity index (χ0v) is 9.77. The first-order chi connectivity index (χ1) is 8.11. The third kappa shape index (κ3) is 5.07. The molecular formula is C10H10ClN3O3. The van der Waals surface area contributed by atoms with Crippen LogP contribution in [-0.4, -0.2) is 18.7 Å². The van der Waals surface area contributed by atoms with Crippen LogP contribution in [0.15, 0.2) is 34.5 Å². The Labute approximate surface area is 103 Å². The molecule has 1 aromatic carbocycles. The number of hydrogen-bond donors (Lipinski definition) is 1. The monoisotopic (exact) mass is 255 g/mol. The number of nitrogens with one attached hydrogen (secondary N) is 1. The van der Waals surface area contributed by atoms with Gasteiger partial charge in [0.25, 0.3) is 0 Å². The van der Waals surface area contributed by atoms with Gasteiger partial charge < -0.3 is 10.1 Å². The van der Waals surface area contributed by atoms with Crippen molar-refractivity contribution in [1.82, 2.24) is 0 Å². The molecule has 0 heterocycles. The van der Waals surface area contributed by atoms with Crippen molar-refractivity contribution in [2.24, 2.45) is 10.2 Å². The van der Waals surface area contributed by atoms with Gasteiger partial charge in [-0.3, -0.25) is 0 Å². The van der Waals surface area contributed by atoms with E-state index >= 15 is 0 Å². The van der Waals surface area contributed by atoms with Crippen LogP contribution in [0, 0.1) is 0 Å². The van der Waals surface area contributed by atoms with Crippen molar-refractivity contribution in [2.75, 3.05) is 11.9 Å². The van der Waals surface area contributed by atoms with E-state index in [0.717, 1.165) is 0 Å². The normalized spacial score (nSPS) is 10.2. The fourth-order valence-electron chi connectivity index (χ4n) is 0.953. The van der Waals surface area contributed by atoms with Crippen LogP contribution >= 0.6 is 11.6 Å². The van der Waals surface area contributed by atoms with Crippen molar-refractivity contribution in [2.45, 2.75) is 6.92 Å². The van der Waals surface area contributed by atoms with Crippen LogP contribution in [0.25, 0.3) is 0 Å². The standard InChI is InChI=1S/C10H10ClN3O3/c1-2-17-10(16)14-13-9(15)12-8-5-3-4-7(11)6-8/h3-6H,2H2,1H3,(H,12,15). The molecule has 1 N–H and O–H groups in total. The van der Waals surface area contributed by atoms with Crippen molar-refractivity contribution in [1.29, 1.82) is 0 Å². The van der Waals surface area contributed by atoms with E-state index in [0.29, 0.717) is 10.7 Å². The van der Waals surface area contributed by atoms with Crippen LogP contribution in [0.3, 0.4) is 0 Å². The van der Waals surface area contributed by atoms with Crippen molar-refractivity contribution in [3.8, 4) is 0 Å². The van der Waals surface area contributed by atoms with Gasteiger partial charge in [0.05, 0.1) is 6.61 Å². The Morgan fingerprint density at radius 1 is 1.41 bits per heavy atom. The first-order valence-electron chi connectivity index (χ1n) is 4.77. The molecule has 0 saturated heterocycles. The summed E-state index contributed by atoms with van der Waals surface area (Å²) in [4.78, 5) is 22.0. The number of benzene rings is 1. The van der Waals surface area contributed by atoms with Crippen LogP contribution in [0.1, 0.15) is 6.92 Å². The molecule has 0 aliphatic rings. The number of azo groups is 1. The number of ether oxygens (including phenoxy) is 1. The molecule has 0 radical (unpaired) electrons. The highest BCUT2D eigenvalue weighted by molar-refractivity contribution is 6.30. The van der Waals surface area contributed by atoms with Crippen molar-refractivity contribution < 1.29 is 14.3 Å². The molecule has 17 heavy (non-hydrogen) atoms. The third-order valence-electron chi connectivity index (χ3n) is 1.57. The molecule has 0 aliphatic carbocycles. The van der Waals surface area contributed by atoms with E-state index < -0.39 is 12.1 Å². The summed E-state index contributed by atoms with van der Waals surface area (Å²) in [5.41, 5.74) is 0.463. The minimum absolute atomic E-state index is 0.174.